The standard InChI is InChI=1S/C21H21ClN2O4/c1-13-10-15-6-3-4-9-18(15)24(13)21(27)14(2)28-19(25)12-23-20(26)16-7-5-8-17(22)11-16/h3-9,11,13-14H,10,12H2,1-2H3,(H,23,26)/t13-,14+/m0/s1. The zero-order valence-corrected chi connectivity index (χ0v) is 16.4. The molecule has 0 saturated carbocycles. The van der Waals surface area contributed by atoms with Crippen molar-refractivity contribution in [2.75, 3.05) is 11.4 Å². The first-order chi connectivity index (χ1) is 13.4. The number of nitrogens with zero attached hydrogens (tertiary/aromatic N) is 1. The minimum absolute atomic E-state index is 0.00594. The summed E-state index contributed by atoms with van der Waals surface area (Å²) in [5.41, 5.74) is 2.28. The Balaban J connectivity index is 1.55. The summed E-state index contributed by atoms with van der Waals surface area (Å²) in [6, 6.07) is 14.1. The highest BCUT2D eigenvalue weighted by molar-refractivity contribution is 6.31. The van der Waals surface area contributed by atoms with Gasteiger partial charge in [-0.15, -0.1) is 0 Å². The highest BCUT2D eigenvalue weighted by Gasteiger charge is 2.34. The largest absolute Gasteiger partial charge is 0.451 e. The molecular formula is C21H21ClN2O4. The van der Waals surface area contributed by atoms with Crippen molar-refractivity contribution in [1.82, 2.24) is 5.32 Å². The number of ether oxygens (including phenoxy) is 1. The van der Waals surface area contributed by atoms with E-state index in [9.17, 15) is 14.4 Å². The van der Waals surface area contributed by atoms with Gasteiger partial charge in [0.2, 0.25) is 0 Å². The smallest absolute Gasteiger partial charge is 0.326 e. The van der Waals surface area contributed by atoms with E-state index in [1.54, 1.807) is 23.1 Å². The molecule has 7 heteroatoms. The van der Waals surface area contributed by atoms with Crippen molar-refractivity contribution in [3.63, 3.8) is 0 Å². The molecule has 2 aromatic carbocycles. The monoisotopic (exact) mass is 400 g/mol. The summed E-state index contributed by atoms with van der Waals surface area (Å²) in [4.78, 5) is 38.6. The van der Waals surface area contributed by atoms with E-state index in [1.807, 2.05) is 31.2 Å². The second-order valence-electron chi connectivity index (χ2n) is 6.72. The van der Waals surface area contributed by atoms with Crippen molar-refractivity contribution in [3.8, 4) is 0 Å². The Hall–Kier alpha value is -2.86. The van der Waals surface area contributed by atoms with Gasteiger partial charge in [0.15, 0.2) is 6.10 Å². The Bertz CT molecular complexity index is 915. The molecule has 0 aromatic heterocycles. The van der Waals surface area contributed by atoms with Crippen molar-refractivity contribution in [2.45, 2.75) is 32.4 Å². The molecule has 6 nitrogen and oxygen atoms in total. The van der Waals surface area contributed by atoms with Gasteiger partial charge in [-0.1, -0.05) is 35.9 Å². The average molecular weight is 401 g/mol. The first-order valence-corrected chi connectivity index (χ1v) is 9.39. The molecule has 0 bridgehead atoms. The van der Waals surface area contributed by atoms with Crippen LogP contribution in [-0.2, 0) is 20.7 Å². The average Bonchev–Trinajstić information content (AvgIpc) is 3.01. The molecule has 146 valence electrons. The molecule has 2 atom stereocenters. The Morgan fingerprint density at radius 2 is 1.96 bits per heavy atom. The molecule has 2 amide bonds. The van der Waals surface area contributed by atoms with Crippen LogP contribution in [0, 0.1) is 0 Å². The Labute approximate surface area is 168 Å². The number of nitrogens with one attached hydrogen (secondary N) is 1. The highest BCUT2D eigenvalue weighted by atomic mass is 35.5. The van der Waals surface area contributed by atoms with Crippen molar-refractivity contribution >= 4 is 35.1 Å². The minimum Gasteiger partial charge on any atom is -0.451 e. The maximum absolute atomic E-state index is 12.8. The van der Waals surface area contributed by atoms with Crippen molar-refractivity contribution in [3.05, 3.63) is 64.7 Å². The summed E-state index contributed by atoms with van der Waals surface area (Å²) in [5.74, 6) is -1.41. The maximum atomic E-state index is 12.8. The molecule has 3 rings (SSSR count). The molecule has 0 unspecified atom stereocenters. The number of benzene rings is 2. The zero-order valence-electron chi connectivity index (χ0n) is 15.6. The Morgan fingerprint density at radius 3 is 2.71 bits per heavy atom. The third-order valence-corrected chi connectivity index (χ3v) is 4.82. The van der Waals surface area contributed by atoms with Crippen LogP contribution in [0.1, 0.15) is 29.8 Å². The summed E-state index contributed by atoms with van der Waals surface area (Å²) in [6.07, 6.45) is -0.192. The normalized spacial score (nSPS) is 16.2. The van der Waals surface area contributed by atoms with Crippen molar-refractivity contribution in [1.29, 1.82) is 0 Å². The van der Waals surface area contributed by atoms with Gasteiger partial charge in [-0.25, -0.2) is 0 Å². The van der Waals surface area contributed by atoms with E-state index in [0.717, 1.165) is 17.7 Å². The van der Waals surface area contributed by atoms with Gasteiger partial charge in [0.05, 0.1) is 0 Å². The second kappa shape index (κ2) is 8.44. The molecule has 1 aliphatic heterocycles. The predicted molar refractivity (Wildman–Crippen MR) is 106 cm³/mol. The van der Waals surface area contributed by atoms with Gasteiger partial charge in [0.1, 0.15) is 6.54 Å². The van der Waals surface area contributed by atoms with Crippen LogP contribution in [0.15, 0.2) is 48.5 Å². The summed E-state index contributed by atoms with van der Waals surface area (Å²) in [6.45, 7) is 3.15. The maximum Gasteiger partial charge on any atom is 0.326 e. The number of rotatable bonds is 5. The number of fused-ring (bicyclic) bond motifs is 1. The van der Waals surface area contributed by atoms with E-state index >= 15 is 0 Å². The quantitative estimate of drug-likeness (QED) is 0.783. The lowest BCUT2D eigenvalue weighted by Gasteiger charge is -2.26. The van der Waals surface area contributed by atoms with E-state index in [1.165, 1.54) is 13.0 Å². The van der Waals surface area contributed by atoms with Crippen LogP contribution in [0.25, 0.3) is 0 Å². The molecule has 0 radical (unpaired) electrons. The Kier molecular flexibility index (Phi) is 5.99. The number of carbonyl (C=O) groups is 3. The summed E-state index contributed by atoms with van der Waals surface area (Å²) in [5, 5.41) is 2.89. The zero-order chi connectivity index (χ0) is 20.3. The van der Waals surface area contributed by atoms with E-state index in [0.29, 0.717) is 10.6 Å². The highest BCUT2D eigenvalue weighted by Crippen LogP contribution is 2.32. The van der Waals surface area contributed by atoms with Gasteiger partial charge < -0.3 is 15.0 Å². The molecule has 0 fully saturated rings. The number of para-hydroxylation sites is 1. The lowest BCUT2D eigenvalue weighted by atomic mass is 10.1. The van der Waals surface area contributed by atoms with Gasteiger partial charge in [-0.3, -0.25) is 14.4 Å². The van der Waals surface area contributed by atoms with Crippen LogP contribution in [0.5, 0.6) is 0 Å². The van der Waals surface area contributed by atoms with Crippen LogP contribution < -0.4 is 10.2 Å². The van der Waals surface area contributed by atoms with Crippen molar-refractivity contribution in [2.24, 2.45) is 0 Å². The van der Waals surface area contributed by atoms with Gasteiger partial charge >= 0.3 is 5.97 Å². The molecule has 1 heterocycles. The molecule has 1 N–H and O–H groups in total. The third-order valence-electron chi connectivity index (χ3n) is 4.58. The van der Waals surface area contributed by atoms with Gasteiger partial charge in [-0.05, 0) is 50.1 Å². The van der Waals surface area contributed by atoms with Crippen LogP contribution in [0.4, 0.5) is 5.69 Å². The molecule has 0 aliphatic carbocycles. The molecule has 28 heavy (non-hydrogen) atoms. The fraction of sp³-hybridized carbons (Fsp3) is 0.286. The first-order valence-electron chi connectivity index (χ1n) is 9.01. The summed E-state index contributed by atoms with van der Waals surface area (Å²) >= 11 is 5.85. The lowest BCUT2D eigenvalue weighted by molar-refractivity contribution is -0.152. The van der Waals surface area contributed by atoms with E-state index in [4.69, 9.17) is 16.3 Å². The molecular weight excluding hydrogens is 380 g/mol. The fourth-order valence-electron chi connectivity index (χ4n) is 3.27. The molecule has 1 aliphatic rings. The minimum atomic E-state index is -0.954. The first kappa shape index (κ1) is 19.9. The van der Waals surface area contributed by atoms with Gasteiger partial charge in [0, 0.05) is 22.3 Å². The molecule has 0 spiro atoms. The predicted octanol–water partition coefficient (Wildman–Crippen LogP) is 2.98. The van der Waals surface area contributed by atoms with Crippen molar-refractivity contribution < 1.29 is 19.1 Å². The number of hydrogen-bond acceptors (Lipinski definition) is 4. The number of halogens is 1. The van der Waals surface area contributed by atoms with Gasteiger partial charge in [-0.2, -0.15) is 0 Å². The number of hydrogen-bond donors (Lipinski definition) is 1. The summed E-state index contributed by atoms with van der Waals surface area (Å²) < 4.78 is 5.23. The lowest BCUT2D eigenvalue weighted by Crippen LogP contribution is -2.44. The summed E-state index contributed by atoms with van der Waals surface area (Å²) in [7, 11) is 0. The fourth-order valence-corrected chi connectivity index (χ4v) is 3.46. The number of anilines is 1. The van der Waals surface area contributed by atoms with Crippen LogP contribution in [-0.4, -0.2) is 36.5 Å². The molecule has 0 saturated heterocycles. The molecule has 2 aromatic rings. The van der Waals surface area contributed by atoms with E-state index in [-0.39, 0.29) is 18.5 Å². The Morgan fingerprint density at radius 1 is 1.21 bits per heavy atom. The van der Waals surface area contributed by atoms with Crippen LogP contribution >= 0.6 is 11.6 Å². The number of carbonyl (C=O) groups excluding carboxylic acids is 3. The van der Waals surface area contributed by atoms with Gasteiger partial charge in [0.25, 0.3) is 11.8 Å². The third kappa shape index (κ3) is 4.34. The van der Waals surface area contributed by atoms with Crippen LogP contribution in [0.3, 0.4) is 0 Å². The van der Waals surface area contributed by atoms with E-state index in [2.05, 4.69) is 5.32 Å². The van der Waals surface area contributed by atoms with Crippen LogP contribution in [0.2, 0.25) is 5.02 Å². The van der Waals surface area contributed by atoms with E-state index < -0.39 is 18.0 Å². The number of amides is 2. The topological polar surface area (TPSA) is 75.7 Å². The second-order valence-corrected chi connectivity index (χ2v) is 7.15. The number of esters is 1. The SMILES string of the molecule is C[C@@H](OC(=O)CNC(=O)c1cccc(Cl)c1)C(=O)N1c2ccccc2C[C@@H]1C.